The van der Waals surface area contributed by atoms with Gasteiger partial charge in [0.05, 0.1) is 15.7 Å². The topological polar surface area (TPSA) is 41.1 Å². The van der Waals surface area contributed by atoms with Gasteiger partial charge in [0.2, 0.25) is 5.91 Å². The highest BCUT2D eigenvalue weighted by Gasteiger charge is 2.10. The lowest BCUT2D eigenvalue weighted by atomic mass is 10.2. The summed E-state index contributed by atoms with van der Waals surface area (Å²) in [6.07, 6.45) is 1.17. The number of carbonyl (C=O) groups is 1. The summed E-state index contributed by atoms with van der Waals surface area (Å²) < 4.78 is 0. The van der Waals surface area contributed by atoms with E-state index in [1.54, 1.807) is 0 Å². The van der Waals surface area contributed by atoms with Crippen molar-refractivity contribution in [3.05, 3.63) is 27.2 Å². The molecule has 0 atom stereocenters. The number of rotatable bonds is 5. The van der Waals surface area contributed by atoms with Crippen LogP contribution < -0.4 is 10.6 Å². The van der Waals surface area contributed by atoms with E-state index in [4.69, 9.17) is 34.8 Å². The molecule has 0 heterocycles. The third kappa shape index (κ3) is 4.72. The summed E-state index contributed by atoms with van der Waals surface area (Å²) in [5.41, 5.74) is 0.409. The molecule has 0 aliphatic heterocycles. The number of hydrogen-bond donors (Lipinski definition) is 2. The molecule has 1 aromatic rings. The SMILES string of the molecule is CNCCCC(=O)Nc1c(Cl)cc(Cl)cc1Cl. The molecule has 0 aliphatic carbocycles. The molecule has 0 bridgehead atoms. The standard InChI is InChI=1S/C11H13Cl3N2O/c1-15-4-2-3-10(17)16-11-8(13)5-7(12)6-9(11)14/h5-6,15H,2-4H2,1H3,(H,16,17). The molecule has 0 aliphatic rings. The van der Waals surface area contributed by atoms with E-state index in [1.807, 2.05) is 7.05 Å². The first-order valence-corrected chi connectivity index (χ1v) is 6.27. The van der Waals surface area contributed by atoms with E-state index in [9.17, 15) is 4.79 Å². The van der Waals surface area contributed by atoms with Crippen LogP contribution in [0.15, 0.2) is 12.1 Å². The molecular weight excluding hydrogens is 282 g/mol. The summed E-state index contributed by atoms with van der Waals surface area (Å²) in [6, 6.07) is 3.08. The molecule has 3 nitrogen and oxygen atoms in total. The van der Waals surface area contributed by atoms with Crippen LogP contribution in [0, 0.1) is 0 Å². The highest BCUT2D eigenvalue weighted by atomic mass is 35.5. The summed E-state index contributed by atoms with van der Waals surface area (Å²) in [5, 5.41) is 6.76. The number of anilines is 1. The number of carbonyl (C=O) groups excluding carboxylic acids is 1. The Kier molecular flexibility index (Phi) is 6.06. The van der Waals surface area contributed by atoms with E-state index in [-0.39, 0.29) is 5.91 Å². The normalized spacial score (nSPS) is 10.4. The van der Waals surface area contributed by atoms with Crippen LogP contribution in [-0.2, 0) is 4.79 Å². The Morgan fingerprint density at radius 1 is 1.24 bits per heavy atom. The molecule has 0 aromatic heterocycles. The van der Waals surface area contributed by atoms with Crippen molar-refractivity contribution in [1.82, 2.24) is 5.32 Å². The quantitative estimate of drug-likeness (QED) is 0.815. The van der Waals surface area contributed by atoms with Crippen LogP contribution in [0.2, 0.25) is 15.1 Å². The van der Waals surface area contributed by atoms with Gasteiger partial charge in [0.25, 0.3) is 0 Å². The lowest BCUT2D eigenvalue weighted by molar-refractivity contribution is -0.116. The van der Waals surface area contributed by atoms with E-state index in [1.165, 1.54) is 12.1 Å². The maximum Gasteiger partial charge on any atom is 0.224 e. The third-order valence-corrected chi connectivity index (χ3v) is 2.92. The summed E-state index contributed by atoms with van der Waals surface area (Å²) in [5.74, 6) is -0.119. The second-order valence-corrected chi connectivity index (χ2v) is 4.75. The number of nitrogens with one attached hydrogen (secondary N) is 2. The zero-order chi connectivity index (χ0) is 12.8. The monoisotopic (exact) mass is 294 g/mol. The van der Waals surface area contributed by atoms with Crippen molar-refractivity contribution in [2.24, 2.45) is 0 Å². The van der Waals surface area contributed by atoms with E-state index in [0.29, 0.717) is 27.2 Å². The Hall–Kier alpha value is -0.480. The molecule has 0 saturated heterocycles. The summed E-state index contributed by atoms with van der Waals surface area (Å²) in [7, 11) is 1.84. The van der Waals surface area contributed by atoms with Gasteiger partial charge in [-0.15, -0.1) is 0 Å². The van der Waals surface area contributed by atoms with Gasteiger partial charge in [0, 0.05) is 11.4 Å². The van der Waals surface area contributed by atoms with E-state index in [0.717, 1.165) is 13.0 Å². The van der Waals surface area contributed by atoms with Gasteiger partial charge >= 0.3 is 0 Å². The van der Waals surface area contributed by atoms with Crippen molar-refractivity contribution in [2.45, 2.75) is 12.8 Å². The molecule has 1 rings (SSSR count). The van der Waals surface area contributed by atoms with Gasteiger partial charge in [-0.3, -0.25) is 4.79 Å². The van der Waals surface area contributed by atoms with Crippen LogP contribution in [0.4, 0.5) is 5.69 Å². The zero-order valence-corrected chi connectivity index (χ0v) is 11.6. The molecular formula is C11H13Cl3N2O. The van der Waals surface area contributed by atoms with Crippen LogP contribution in [0.3, 0.4) is 0 Å². The van der Waals surface area contributed by atoms with Crippen molar-refractivity contribution in [1.29, 1.82) is 0 Å². The van der Waals surface area contributed by atoms with E-state index >= 15 is 0 Å². The first-order valence-electron chi connectivity index (χ1n) is 5.13. The molecule has 0 spiro atoms. The predicted molar refractivity (Wildman–Crippen MR) is 73.3 cm³/mol. The van der Waals surface area contributed by atoms with Crippen LogP contribution in [0.5, 0.6) is 0 Å². The molecule has 0 fully saturated rings. The van der Waals surface area contributed by atoms with Crippen LogP contribution in [0.25, 0.3) is 0 Å². The Balaban J connectivity index is 2.65. The first kappa shape index (κ1) is 14.6. The Bertz CT molecular complexity index is 387. The largest absolute Gasteiger partial charge is 0.324 e. The Morgan fingerprint density at radius 2 is 1.82 bits per heavy atom. The number of benzene rings is 1. The second-order valence-electron chi connectivity index (χ2n) is 3.50. The smallest absolute Gasteiger partial charge is 0.224 e. The fourth-order valence-corrected chi connectivity index (χ4v) is 2.20. The molecule has 0 saturated carbocycles. The number of hydrogen-bond acceptors (Lipinski definition) is 2. The van der Waals surface area contributed by atoms with Crippen LogP contribution in [-0.4, -0.2) is 19.5 Å². The van der Waals surface area contributed by atoms with Gasteiger partial charge in [-0.1, -0.05) is 34.8 Å². The lowest BCUT2D eigenvalue weighted by Gasteiger charge is -2.09. The highest BCUT2D eigenvalue weighted by molar-refractivity contribution is 6.42. The maximum atomic E-state index is 11.6. The molecule has 0 radical (unpaired) electrons. The van der Waals surface area contributed by atoms with E-state index < -0.39 is 0 Å². The van der Waals surface area contributed by atoms with E-state index in [2.05, 4.69) is 10.6 Å². The van der Waals surface area contributed by atoms with Gasteiger partial charge < -0.3 is 10.6 Å². The summed E-state index contributed by atoms with van der Waals surface area (Å²) in [4.78, 5) is 11.6. The molecule has 0 unspecified atom stereocenters. The lowest BCUT2D eigenvalue weighted by Crippen LogP contribution is -2.15. The molecule has 6 heteroatoms. The van der Waals surface area contributed by atoms with Gasteiger partial charge in [-0.25, -0.2) is 0 Å². The summed E-state index contributed by atoms with van der Waals surface area (Å²) >= 11 is 17.7. The number of amides is 1. The van der Waals surface area contributed by atoms with Crippen molar-refractivity contribution in [3.63, 3.8) is 0 Å². The second kappa shape index (κ2) is 7.07. The van der Waals surface area contributed by atoms with Gasteiger partial charge in [-0.2, -0.15) is 0 Å². The minimum Gasteiger partial charge on any atom is -0.324 e. The van der Waals surface area contributed by atoms with Crippen LogP contribution >= 0.6 is 34.8 Å². The molecule has 2 N–H and O–H groups in total. The summed E-state index contributed by atoms with van der Waals surface area (Å²) in [6.45, 7) is 0.787. The molecule has 17 heavy (non-hydrogen) atoms. The van der Waals surface area contributed by atoms with Gasteiger partial charge in [0.15, 0.2) is 0 Å². The third-order valence-electron chi connectivity index (χ3n) is 2.10. The van der Waals surface area contributed by atoms with Gasteiger partial charge in [0.1, 0.15) is 0 Å². The Labute approximate surface area is 115 Å². The molecule has 1 aromatic carbocycles. The first-order chi connectivity index (χ1) is 8.04. The fraction of sp³-hybridized carbons (Fsp3) is 0.364. The zero-order valence-electron chi connectivity index (χ0n) is 9.32. The van der Waals surface area contributed by atoms with Crippen molar-refractivity contribution < 1.29 is 4.79 Å². The molecule has 1 amide bonds. The van der Waals surface area contributed by atoms with Crippen LogP contribution in [0.1, 0.15) is 12.8 Å². The van der Waals surface area contributed by atoms with Crippen molar-refractivity contribution in [2.75, 3.05) is 18.9 Å². The number of halogens is 3. The average Bonchev–Trinajstić information content (AvgIpc) is 2.24. The average molecular weight is 296 g/mol. The highest BCUT2D eigenvalue weighted by Crippen LogP contribution is 2.33. The fourth-order valence-electron chi connectivity index (χ4n) is 1.29. The molecule has 94 valence electrons. The van der Waals surface area contributed by atoms with Gasteiger partial charge in [-0.05, 0) is 32.1 Å². The van der Waals surface area contributed by atoms with Crippen molar-refractivity contribution in [3.8, 4) is 0 Å². The van der Waals surface area contributed by atoms with Crippen molar-refractivity contribution >= 4 is 46.4 Å². The minimum atomic E-state index is -0.119. The Morgan fingerprint density at radius 3 is 2.35 bits per heavy atom. The predicted octanol–water partition coefficient (Wildman–Crippen LogP) is 3.58. The maximum absolute atomic E-state index is 11.6. The minimum absolute atomic E-state index is 0.119.